The highest BCUT2D eigenvalue weighted by molar-refractivity contribution is 6.01. The largest absolute Gasteiger partial charge is 0.496 e. The summed E-state index contributed by atoms with van der Waals surface area (Å²) in [6.45, 7) is 3.34. The molecular formula is C29H32FN5O4. The number of ether oxygens (including phenoxy) is 2. The maximum absolute atomic E-state index is 14.5. The number of nitrogen functional groups attached to an aromatic ring is 1. The van der Waals surface area contributed by atoms with Crippen LogP contribution < -0.4 is 20.5 Å². The molecule has 0 radical (unpaired) electrons. The van der Waals surface area contributed by atoms with E-state index in [1.807, 2.05) is 12.1 Å². The molecule has 1 aliphatic rings. The third kappa shape index (κ3) is 5.81. The number of piperidine rings is 1. The van der Waals surface area contributed by atoms with Gasteiger partial charge in [0.05, 0.1) is 18.3 Å². The number of benzene rings is 3. The number of carbonyl (C=O) groups excluding carboxylic acids is 1. The molecule has 204 valence electrons. The Balaban J connectivity index is 1.32. The van der Waals surface area contributed by atoms with E-state index >= 15 is 0 Å². The van der Waals surface area contributed by atoms with Crippen LogP contribution in [-0.2, 0) is 6.54 Å². The van der Waals surface area contributed by atoms with Crippen molar-refractivity contribution in [3.05, 3.63) is 71.5 Å². The lowest BCUT2D eigenvalue weighted by atomic mass is 10.0. The Morgan fingerprint density at radius 2 is 2.10 bits per heavy atom. The fourth-order valence-electron chi connectivity index (χ4n) is 5.04. The number of hydrogen-bond acceptors (Lipinski definition) is 7. The number of halogens is 1. The van der Waals surface area contributed by atoms with Gasteiger partial charge in [0.2, 0.25) is 0 Å². The zero-order chi connectivity index (χ0) is 27.5. The zero-order valence-electron chi connectivity index (χ0n) is 21.9. The van der Waals surface area contributed by atoms with Gasteiger partial charge < -0.3 is 25.6 Å². The number of nitrogens with zero attached hydrogens (tertiary/aromatic N) is 2. The molecule has 10 heteroatoms. The molecule has 1 aromatic heterocycles. The van der Waals surface area contributed by atoms with Crippen LogP contribution in [0.5, 0.6) is 11.5 Å². The number of fused-ring (bicyclic) bond motifs is 1. The number of carbonyl (C=O) groups is 1. The maximum atomic E-state index is 14.5. The Bertz CT molecular complexity index is 1490. The van der Waals surface area contributed by atoms with Gasteiger partial charge in [-0.15, -0.1) is 0 Å². The molecule has 5 rings (SSSR count). The van der Waals surface area contributed by atoms with Gasteiger partial charge in [0.25, 0.3) is 5.91 Å². The van der Waals surface area contributed by atoms with Crippen LogP contribution in [0.25, 0.3) is 22.2 Å². The van der Waals surface area contributed by atoms with E-state index < -0.39 is 6.29 Å². The number of anilines is 1. The topological polar surface area (TPSA) is 126 Å². The molecule has 2 heterocycles. The van der Waals surface area contributed by atoms with Crippen LogP contribution in [0.1, 0.15) is 35.7 Å². The predicted molar refractivity (Wildman–Crippen MR) is 147 cm³/mol. The molecule has 0 saturated carbocycles. The van der Waals surface area contributed by atoms with Crippen LogP contribution in [-0.4, -0.2) is 58.6 Å². The lowest BCUT2D eigenvalue weighted by molar-refractivity contribution is 0.000304. The van der Waals surface area contributed by atoms with Crippen molar-refractivity contribution in [3.63, 3.8) is 0 Å². The van der Waals surface area contributed by atoms with E-state index in [-0.39, 0.29) is 17.8 Å². The number of nitrogens with one attached hydrogen (secondary N) is 2. The second kappa shape index (κ2) is 11.3. The van der Waals surface area contributed by atoms with Crippen molar-refractivity contribution < 1.29 is 23.8 Å². The summed E-state index contributed by atoms with van der Waals surface area (Å²) >= 11 is 0. The van der Waals surface area contributed by atoms with E-state index in [0.29, 0.717) is 47.1 Å². The third-order valence-corrected chi connectivity index (χ3v) is 6.93. The average molecular weight is 534 g/mol. The van der Waals surface area contributed by atoms with Gasteiger partial charge in [0, 0.05) is 41.2 Å². The van der Waals surface area contributed by atoms with Crippen LogP contribution in [0, 0.1) is 5.82 Å². The summed E-state index contributed by atoms with van der Waals surface area (Å²) < 4.78 is 25.2. The Morgan fingerprint density at radius 3 is 2.90 bits per heavy atom. The summed E-state index contributed by atoms with van der Waals surface area (Å²) in [6, 6.07) is 15.4. The second-order valence-electron chi connectivity index (χ2n) is 9.77. The number of methoxy groups -OCH3 is 1. The van der Waals surface area contributed by atoms with Crippen molar-refractivity contribution in [2.75, 3.05) is 25.9 Å². The SMILES string of the molecule is COc1cccc(F)c1CN1CCCC(NC(=O)c2ccc3[nH]nc(-c4ccc(N)c(OC(C)O)c4)c3c2)C1. The molecule has 9 nitrogen and oxygen atoms in total. The molecule has 5 N–H and O–H groups in total. The molecule has 0 spiro atoms. The number of aromatic amines is 1. The van der Waals surface area contributed by atoms with E-state index in [1.54, 1.807) is 36.4 Å². The summed E-state index contributed by atoms with van der Waals surface area (Å²) in [4.78, 5) is 15.4. The number of nitrogens with two attached hydrogens (primary N) is 1. The minimum absolute atomic E-state index is 0.0687. The highest BCUT2D eigenvalue weighted by Crippen LogP contribution is 2.33. The Morgan fingerprint density at radius 1 is 1.26 bits per heavy atom. The zero-order valence-corrected chi connectivity index (χ0v) is 21.9. The third-order valence-electron chi connectivity index (χ3n) is 6.93. The second-order valence-corrected chi connectivity index (χ2v) is 9.77. The Hall–Kier alpha value is -4.15. The minimum atomic E-state index is -1.02. The summed E-state index contributed by atoms with van der Waals surface area (Å²) in [6.07, 6.45) is 0.715. The van der Waals surface area contributed by atoms with Crippen LogP contribution in [0.4, 0.5) is 10.1 Å². The maximum Gasteiger partial charge on any atom is 0.251 e. The van der Waals surface area contributed by atoms with Crippen molar-refractivity contribution in [1.29, 1.82) is 0 Å². The molecule has 0 bridgehead atoms. The summed E-state index contributed by atoms with van der Waals surface area (Å²) in [5, 5.41) is 21.0. The number of rotatable bonds is 8. The van der Waals surface area contributed by atoms with Crippen LogP contribution in [0.2, 0.25) is 0 Å². The molecule has 0 aliphatic carbocycles. The van der Waals surface area contributed by atoms with Gasteiger partial charge in [-0.1, -0.05) is 12.1 Å². The quantitative estimate of drug-likeness (QED) is 0.199. The molecule has 1 saturated heterocycles. The smallest absolute Gasteiger partial charge is 0.251 e. The number of amides is 1. The van der Waals surface area contributed by atoms with Crippen molar-refractivity contribution in [2.45, 2.75) is 38.6 Å². The van der Waals surface area contributed by atoms with Gasteiger partial charge in [-0.3, -0.25) is 14.8 Å². The molecule has 1 fully saturated rings. The molecule has 4 aromatic rings. The first-order chi connectivity index (χ1) is 18.8. The lowest BCUT2D eigenvalue weighted by Gasteiger charge is -2.33. The number of aliphatic hydroxyl groups is 1. The molecule has 3 aromatic carbocycles. The molecule has 39 heavy (non-hydrogen) atoms. The number of likely N-dealkylation sites (tertiary alicyclic amines) is 1. The number of hydrogen-bond donors (Lipinski definition) is 4. The molecule has 2 unspecified atom stereocenters. The monoisotopic (exact) mass is 533 g/mol. The first-order valence-corrected chi connectivity index (χ1v) is 12.9. The van der Waals surface area contributed by atoms with Gasteiger partial charge >= 0.3 is 0 Å². The highest BCUT2D eigenvalue weighted by atomic mass is 19.1. The fourth-order valence-corrected chi connectivity index (χ4v) is 5.04. The summed E-state index contributed by atoms with van der Waals surface area (Å²) in [5.41, 5.74) is 9.56. The molecule has 2 atom stereocenters. The summed E-state index contributed by atoms with van der Waals surface area (Å²) in [5.74, 6) is 0.392. The minimum Gasteiger partial charge on any atom is -0.496 e. The van der Waals surface area contributed by atoms with E-state index in [9.17, 15) is 14.3 Å². The number of H-pyrrole nitrogens is 1. The first-order valence-electron chi connectivity index (χ1n) is 12.9. The first kappa shape index (κ1) is 26.5. The Kier molecular flexibility index (Phi) is 7.67. The predicted octanol–water partition coefficient (Wildman–Crippen LogP) is 4.07. The molecular weight excluding hydrogens is 501 g/mol. The van der Waals surface area contributed by atoms with Crippen LogP contribution >= 0.6 is 0 Å². The normalized spacial score (nSPS) is 16.7. The van der Waals surface area contributed by atoms with Crippen LogP contribution in [0.15, 0.2) is 54.6 Å². The van der Waals surface area contributed by atoms with Crippen molar-refractivity contribution >= 4 is 22.5 Å². The van der Waals surface area contributed by atoms with Gasteiger partial charge in [0.15, 0.2) is 6.29 Å². The van der Waals surface area contributed by atoms with Gasteiger partial charge in [-0.25, -0.2) is 4.39 Å². The van der Waals surface area contributed by atoms with E-state index in [2.05, 4.69) is 20.4 Å². The van der Waals surface area contributed by atoms with Crippen LogP contribution in [0.3, 0.4) is 0 Å². The van der Waals surface area contributed by atoms with Gasteiger partial charge in [-0.05, 0) is 68.8 Å². The summed E-state index contributed by atoms with van der Waals surface area (Å²) in [7, 11) is 1.54. The van der Waals surface area contributed by atoms with Gasteiger partial charge in [-0.2, -0.15) is 5.10 Å². The average Bonchev–Trinajstić information content (AvgIpc) is 3.34. The number of aliphatic hydroxyl groups excluding tert-OH is 1. The van der Waals surface area contributed by atoms with E-state index in [4.69, 9.17) is 15.2 Å². The van der Waals surface area contributed by atoms with Crippen molar-refractivity contribution in [3.8, 4) is 22.8 Å². The number of aromatic nitrogens is 2. The molecule has 1 amide bonds. The van der Waals surface area contributed by atoms with E-state index in [1.165, 1.54) is 20.1 Å². The van der Waals surface area contributed by atoms with E-state index in [0.717, 1.165) is 35.9 Å². The lowest BCUT2D eigenvalue weighted by Crippen LogP contribution is -2.47. The Labute approximate surface area is 225 Å². The molecule has 1 aliphatic heterocycles. The van der Waals surface area contributed by atoms with Crippen molar-refractivity contribution in [2.24, 2.45) is 0 Å². The fraction of sp³-hybridized carbons (Fsp3) is 0.310. The standard InChI is InChI=1S/C29H32FN5O4/c1-17(36)39-27-14-18(8-10-24(27)31)28-21-13-19(9-11-25(21)33-34-28)29(37)32-20-5-4-12-35(15-20)16-22-23(30)6-3-7-26(22)38-2/h3,6-11,13-14,17,20,36H,4-5,12,15-16,31H2,1-2H3,(H,32,37)(H,33,34). The van der Waals surface area contributed by atoms with Crippen molar-refractivity contribution in [1.82, 2.24) is 20.4 Å². The van der Waals surface area contributed by atoms with Gasteiger partial charge in [0.1, 0.15) is 23.0 Å². The highest BCUT2D eigenvalue weighted by Gasteiger charge is 2.24.